The van der Waals surface area contributed by atoms with Crippen molar-refractivity contribution in [2.24, 2.45) is 0 Å². The molecule has 23 heavy (non-hydrogen) atoms. The molecule has 0 bridgehead atoms. The summed E-state index contributed by atoms with van der Waals surface area (Å²) in [5.74, 6) is 1.92. The van der Waals surface area contributed by atoms with Gasteiger partial charge in [0, 0.05) is 18.8 Å². The van der Waals surface area contributed by atoms with Crippen LogP contribution in [0.25, 0.3) is 0 Å². The number of hydrogen-bond donors (Lipinski definition) is 1. The van der Waals surface area contributed by atoms with Crippen LogP contribution in [-0.2, 0) is 6.54 Å². The van der Waals surface area contributed by atoms with Crippen LogP contribution in [0.15, 0.2) is 30.5 Å². The van der Waals surface area contributed by atoms with E-state index >= 15 is 0 Å². The van der Waals surface area contributed by atoms with Crippen molar-refractivity contribution in [3.05, 3.63) is 47.3 Å². The van der Waals surface area contributed by atoms with Crippen LogP contribution in [0.1, 0.15) is 29.8 Å². The van der Waals surface area contributed by atoms with Crippen LogP contribution in [0.4, 0.5) is 0 Å². The number of pyridine rings is 1. The largest absolute Gasteiger partial charge is 0.493 e. The Bertz CT molecular complexity index is 616. The van der Waals surface area contributed by atoms with Gasteiger partial charge >= 0.3 is 0 Å². The predicted octanol–water partition coefficient (Wildman–Crippen LogP) is 3.27. The third-order valence-electron chi connectivity index (χ3n) is 3.75. The number of aromatic nitrogens is 1. The Labute approximate surface area is 137 Å². The molecule has 5 heteroatoms. The lowest BCUT2D eigenvalue weighted by molar-refractivity contribution is 0.323. The van der Waals surface area contributed by atoms with Gasteiger partial charge in [0.1, 0.15) is 0 Å². The lowest BCUT2D eigenvalue weighted by atomic mass is 10.1. The Morgan fingerprint density at radius 2 is 1.70 bits per heavy atom. The van der Waals surface area contributed by atoms with Crippen molar-refractivity contribution in [2.75, 3.05) is 21.3 Å². The molecule has 1 unspecified atom stereocenters. The van der Waals surface area contributed by atoms with Crippen LogP contribution in [0.2, 0.25) is 0 Å². The molecule has 2 aromatic rings. The Hall–Kier alpha value is -2.27. The summed E-state index contributed by atoms with van der Waals surface area (Å²) in [6.45, 7) is 4.82. The van der Waals surface area contributed by atoms with Gasteiger partial charge in [-0.05, 0) is 43.2 Å². The van der Waals surface area contributed by atoms with Gasteiger partial charge in [-0.1, -0.05) is 6.07 Å². The van der Waals surface area contributed by atoms with Crippen LogP contribution in [-0.4, -0.2) is 26.3 Å². The maximum Gasteiger partial charge on any atom is 0.203 e. The molecule has 0 aliphatic carbocycles. The molecular weight excluding hydrogens is 292 g/mol. The highest BCUT2D eigenvalue weighted by Gasteiger charge is 2.16. The first-order chi connectivity index (χ1) is 11.1. The van der Waals surface area contributed by atoms with Gasteiger partial charge in [-0.25, -0.2) is 0 Å². The standard InChI is InChI=1S/C18H24N2O3/c1-12-6-7-15(20-10-12)11-19-13(2)14-8-16(21-3)18(23-5)17(9-14)22-4/h6-10,13,19H,11H2,1-5H3. The minimum Gasteiger partial charge on any atom is -0.493 e. The van der Waals surface area contributed by atoms with E-state index in [1.807, 2.05) is 31.3 Å². The summed E-state index contributed by atoms with van der Waals surface area (Å²) in [5.41, 5.74) is 3.23. The normalized spacial score (nSPS) is 11.9. The van der Waals surface area contributed by atoms with Crippen LogP contribution in [0, 0.1) is 6.92 Å². The summed E-state index contributed by atoms with van der Waals surface area (Å²) in [6, 6.07) is 8.13. The number of nitrogens with one attached hydrogen (secondary N) is 1. The summed E-state index contributed by atoms with van der Waals surface area (Å²) in [4.78, 5) is 4.41. The van der Waals surface area contributed by atoms with E-state index in [1.165, 1.54) is 0 Å². The maximum atomic E-state index is 5.40. The fourth-order valence-corrected chi connectivity index (χ4v) is 2.33. The lowest BCUT2D eigenvalue weighted by Gasteiger charge is -2.18. The zero-order chi connectivity index (χ0) is 16.8. The molecule has 124 valence electrons. The summed E-state index contributed by atoms with van der Waals surface area (Å²) >= 11 is 0. The summed E-state index contributed by atoms with van der Waals surface area (Å²) in [6.07, 6.45) is 1.88. The first-order valence-corrected chi connectivity index (χ1v) is 7.53. The number of ether oxygens (including phenoxy) is 3. The Morgan fingerprint density at radius 1 is 1.04 bits per heavy atom. The van der Waals surface area contributed by atoms with Gasteiger partial charge in [0.25, 0.3) is 0 Å². The van der Waals surface area contributed by atoms with Gasteiger partial charge in [-0.2, -0.15) is 0 Å². The van der Waals surface area contributed by atoms with Gasteiger partial charge < -0.3 is 19.5 Å². The molecule has 0 saturated heterocycles. The summed E-state index contributed by atoms with van der Waals surface area (Å²) in [7, 11) is 4.84. The van der Waals surface area contributed by atoms with E-state index in [0.717, 1.165) is 16.8 Å². The second-order valence-electron chi connectivity index (χ2n) is 5.39. The van der Waals surface area contributed by atoms with Crippen LogP contribution in [0.3, 0.4) is 0 Å². The van der Waals surface area contributed by atoms with E-state index in [1.54, 1.807) is 21.3 Å². The zero-order valence-electron chi connectivity index (χ0n) is 14.3. The Kier molecular flexibility index (Phi) is 5.82. The molecule has 0 aliphatic rings. The molecule has 0 saturated carbocycles. The minimum atomic E-state index is 0.117. The molecule has 1 N–H and O–H groups in total. The van der Waals surface area contributed by atoms with Crippen molar-refractivity contribution >= 4 is 0 Å². The molecule has 5 nitrogen and oxygen atoms in total. The smallest absolute Gasteiger partial charge is 0.203 e. The van der Waals surface area contributed by atoms with Crippen molar-refractivity contribution < 1.29 is 14.2 Å². The van der Waals surface area contributed by atoms with Crippen LogP contribution < -0.4 is 19.5 Å². The fraction of sp³-hybridized carbons (Fsp3) is 0.389. The molecule has 0 radical (unpaired) electrons. The highest BCUT2D eigenvalue weighted by molar-refractivity contribution is 5.54. The second kappa shape index (κ2) is 7.83. The SMILES string of the molecule is COc1cc(C(C)NCc2ccc(C)cn2)cc(OC)c1OC. The number of methoxy groups -OCH3 is 3. The molecule has 1 atom stereocenters. The van der Waals surface area contributed by atoms with Gasteiger partial charge in [-0.3, -0.25) is 4.98 Å². The van der Waals surface area contributed by atoms with E-state index in [9.17, 15) is 0 Å². The molecule has 1 heterocycles. The zero-order valence-corrected chi connectivity index (χ0v) is 14.3. The first kappa shape index (κ1) is 17.1. The summed E-state index contributed by atoms with van der Waals surface area (Å²) in [5, 5.41) is 3.46. The third-order valence-corrected chi connectivity index (χ3v) is 3.75. The Morgan fingerprint density at radius 3 is 2.17 bits per heavy atom. The van der Waals surface area contributed by atoms with E-state index in [0.29, 0.717) is 23.8 Å². The monoisotopic (exact) mass is 316 g/mol. The average Bonchev–Trinajstić information content (AvgIpc) is 2.59. The minimum absolute atomic E-state index is 0.117. The molecular formula is C18H24N2O3. The molecule has 0 aliphatic heterocycles. The third kappa shape index (κ3) is 4.13. The van der Waals surface area contributed by atoms with Crippen LogP contribution in [0.5, 0.6) is 17.2 Å². The van der Waals surface area contributed by atoms with Gasteiger partial charge in [-0.15, -0.1) is 0 Å². The number of nitrogens with zero attached hydrogens (tertiary/aromatic N) is 1. The topological polar surface area (TPSA) is 52.6 Å². The van der Waals surface area contributed by atoms with Gasteiger partial charge in [0.15, 0.2) is 11.5 Å². The van der Waals surface area contributed by atoms with Crippen molar-refractivity contribution in [3.63, 3.8) is 0 Å². The quantitative estimate of drug-likeness (QED) is 0.849. The van der Waals surface area contributed by atoms with E-state index in [2.05, 4.69) is 23.3 Å². The highest BCUT2D eigenvalue weighted by atomic mass is 16.5. The molecule has 0 amide bonds. The summed E-state index contributed by atoms with van der Waals surface area (Å²) < 4.78 is 16.2. The van der Waals surface area contributed by atoms with Crippen LogP contribution >= 0.6 is 0 Å². The number of hydrogen-bond acceptors (Lipinski definition) is 5. The van der Waals surface area contributed by atoms with Gasteiger partial charge in [0.2, 0.25) is 5.75 Å². The second-order valence-corrected chi connectivity index (χ2v) is 5.39. The van der Waals surface area contributed by atoms with Crippen molar-refractivity contribution in [2.45, 2.75) is 26.4 Å². The first-order valence-electron chi connectivity index (χ1n) is 7.53. The van der Waals surface area contributed by atoms with E-state index in [4.69, 9.17) is 14.2 Å². The average molecular weight is 316 g/mol. The fourth-order valence-electron chi connectivity index (χ4n) is 2.33. The predicted molar refractivity (Wildman–Crippen MR) is 90.3 cm³/mol. The van der Waals surface area contributed by atoms with E-state index in [-0.39, 0.29) is 6.04 Å². The Balaban J connectivity index is 2.15. The molecule has 0 fully saturated rings. The molecule has 2 rings (SSSR count). The van der Waals surface area contributed by atoms with Crippen molar-refractivity contribution in [1.29, 1.82) is 0 Å². The number of rotatable bonds is 7. The molecule has 0 spiro atoms. The maximum absolute atomic E-state index is 5.40. The highest BCUT2D eigenvalue weighted by Crippen LogP contribution is 2.39. The molecule has 1 aromatic heterocycles. The lowest BCUT2D eigenvalue weighted by Crippen LogP contribution is -2.19. The molecule has 1 aromatic carbocycles. The number of aryl methyl sites for hydroxylation is 1. The van der Waals surface area contributed by atoms with Gasteiger partial charge in [0.05, 0.1) is 27.0 Å². The van der Waals surface area contributed by atoms with E-state index < -0.39 is 0 Å². The van der Waals surface area contributed by atoms with Crippen molar-refractivity contribution in [1.82, 2.24) is 10.3 Å². The van der Waals surface area contributed by atoms with Crippen molar-refractivity contribution in [3.8, 4) is 17.2 Å². The number of benzene rings is 1.